The number of carbonyl (C=O) groups is 1. The molecular formula is C12H18N2O2. The van der Waals surface area contributed by atoms with Gasteiger partial charge in [0.25, 0.3) is 5.91 Å². The van der Waals surface area contributed by atoms with Crippen LogP contribution < -0.4 is 5.32 Å². The van der Waals surface area contributed by atoms with E-state index in [1.54, 1.807) is 12.1 Å². The summed E-state index contributed by atoms with van der Waals surface area (Å²) in [4.78, 5) is 13.7. The topological polar surface area (TPSA) is 52.6 Å². The minimum Gasteiger partial charge on any atom is -0.508 e. The molecule has 1 rings (SSSR count). The third kappa shape index (κ3) is 4.31. The van der Waals surface area contributed by atoms with Gasteiger partial charge in [-0.2, -0.15) is 0 Å². The molecule has 0 radical (unpaired) electrons. The van der Waals surface area contributed by atoms with Crippen LogP contribution in [0.25, 0.3) is 0 Å². The molecule has 88 valence electrons. The number of nitrogens with one attached hydrogen (secondary N) is 1. The highest BCUT2D eigenvalue weighted by atomic mass is 16.3. The fourth-order valence-corrected chi connectivity index (χ4v) is 1.31. The van der Waals surface area contributed by atoms with Gasteiger partial charge in [0.05, 0.1) is 0 Å². The summed E-state index contributed by atoms with van der Waals surface area (Å²) in [6.45, 7) is 1.62. The highest BCUT2D eigenvalue weighted by Gasteiger charge is 2.03. The fourth-order valence-electron chi connectivity index (χ4n) is 1.31. The zero-order chi connectivity index (χ0) is 12.0. The average Bonchev–Trinajstić information content (AvgIpc) is 2.25. The molecule has 2 N–H and O–H groups in total. The minimum absolute atomic E-state index is 0.0984. The van der Waals surface area contributed by atoms with Crippen LogP contribution in [0.3, 0.4) is 0 Å². The molecular weight excluding hydrogens is 204 g/mol. The number of amides is 1. The molecule has 0 bridgehead atoms. The third-order valence-electron chi connectivity index (χ3n) is 2.20. The van der Waals surface area contributed by atoms with Gasteiger partial charge in [0.1, 0.15) is 5.75 Å². The van der Waals surface area contributed by atoms with Crippen LogP contribution in [0.4, 0.5) is 0 Å². The van der Waals surface area contributed by atoms with Crippen LogP contribution >= 0.6 is 0 Å². The van der Waals surface area contributed by atoms with Crippen molar-refractivity contribution in [3.63, 3.8) is 0 Å². The van der Waals surface area contributed by atoms with Crippen molar-refractivity contribution in [3.05, 3.63) is 29.8 Å². The number of rotatable bonds is 5. The Balaban J connectivity index is 2.32. The van der Waals surface area contributed by atoms with Crippen LogP contribution in [0.2, 0.25) is 0 Å². The van der Waals surface area contributed by atoms with E-state index >= 15 is 0 Å². The maximum absolute atomic E-state index is 11.6. The van der Waals surface area contributed by atoms with Gasteiger partial charge < -0.3 is 15.3 Å². The van der Waals surface area contributed by atoms with Crippen molar-refractivity contribution in [2.24, 2.45) is 0 Å². The van der Waals surface area contributed by atoms with E-state index < -0.39 is 0 Å². The molecule has 1 aromatic carbocycles. The Morgan fingerprint density at radius 3 is 2.50 bits per heavy atom. The maximum Gasteiger partial charge on any atom is 0.251 e. The Bertz CT molecular complexity index is 333. The predicted octanol–water partition coefficient (Wildman–Crippen LogP) is 1.07. The van der Waals surface area contributed by atoms with E-state index in [-0.39, 0.29) is 11.7 Å². The Labute approximate surface area is 95.9 Å². The molecule has 4 heteroatoms. The Morgan fingerprint density at radius 2 is 1.94 bits per heavy atom. The lowest BCUT2D eigenvalue weighted by molar-refractivity contribution is 0.0952. The van der Waals surface area contributed by atoms with Crippen molar-refractivity contribution in [1.29, 1.82) is 0 Å². The molecule has 0 aliphatic carbocycles. The van der Waals surface area contributed by atoms with Crippen molar-refractivity contribution in [1.82, 2.24) is 10.2 Å². The predicted molar refractivity (Wildman–Crippen MR) is 63.6 cm³/mol. The van der Waals surface area contributed by atoms with Gasteiger partial charge in [0, 0.05) is 12.1 Å². The summed E-state index contributed by atoms with van der Waals surface area (Å²) in [6, 6.07) is 6.23. The van der Waals surface area contributed by atoms with E-state index in [1.165, 1.54) is 12.1 Å². The van der Waals surface area contributed by atoms with E-state index in [9.17, 15) is 4.79 Å². The Kier molecular flexibility index (Phi) is 4.79. The summed E-state index contributed by atoms with van der Waals surface area (Å²) in [5.74, 6) is 0.0721. The van der Waals surface area contributed by atoms with Crippen molar-refractivity contribution >= 4 is 5.91 Å². The zero-order valence-corrected chi connectivity index (χ0v) is 9.73. The molecule has 0 unspecified atom stereocenters. The Morgan fingerprint density at radius 1 is 1.31 bits per heavy atom. The fraction of sp³-hybridized carbons (Fsp3) is 0.417. The molecule has 0 aliphatic heterocycles. The molecule has 0 saturated heterocycles. The second-order valence-corrected chi connectivity index (χ2v) is 3.96. The summed E-state index contributed by atoms with van der Waals surface area (Å²) < 4.78 is 0. The van der Waals surface area contributed by atoms with Gasteiger partial charge in [-0.3, -0.25) is 4.79 Å². The minimum atomic E-state index is -0.0984. The molecule has 0 atom stereocenters. The van der Waals surface area contributed by atoms with Crippen LogP contribution in [0.1, 0.15) is 16.8 Å². The Hall–Kier alpha value is -1.55. The molecule has 0 fully saturated rings. The van der Waals surface area contributed by atoms with Crippen molar-refractivity contribution in [2.45, 2.75) is 6.42 Å². The summed E-state index contributed by atoms with van der Waals surface area (Å²) >= 11 is 0. The van der Waals surface area contributed by atoms with Gasteiger partial charge in [0.2, 0.25) is 0 Å². The van der Waals surface area contributed by atoms with Crippen LogP contribution in [-0.2, 0) is 0 Å². The molecule has 4 nitrogen and oxygen atoms in total. The van der Waals surface area contributed by atoms with Gasteiger partial charge >= 0.3 is 0 Å². The number of nitrogens with zero attached hydrogens (tertiary/aromatic N) is 1. The van der Waals surface area contributed by atoms with Gasteiger partial charge in [-0.1, -0.05) is 0 Å². The van der Waals surface area contributed by atoms with Gasteiger partial charge in [-0.15, -0.1) is 0 Å². The number of benzene rings is 1. The van der Waals surface area contributed by atoms with Gasteiger partial charge in [-0.05, 0) is 51.3 Å². The summed E-state index contributed by atoms with van der Waals surface area (Å²) in [5.41, 5.74) is 0.572. The largest absolute Gasteiger partial charge is 0.508 e. The van der Waals surface area contributed by atoms with Crippen molar-refractivity contribution < 1.29 is 9.90 Å². The normalized spacial score (nSPS) is 10.4. The lowest BCUT2D eigenvalue weighted by Gasteiger charge is -2.09. The monoisotopic (exact) mass is 222 g/mol. The lowest BCUT2D eigenvalue weighted by Crippen LogP contribution is -2.27. The quantitative estimate of drug-likeness (QED) is 0.733. The SMILES string of the molecule is CN(C)CCCNC(=O)c1ccc(O)cc1. The second-order valence-electron chi connectivity index (χ2n) is 3.96. The van der Waals surface area contributed by atoms with E-state index in [0.717, 1.165) is 13.0 Å². The molecule has 0 saturated carbocycles. The first-order valence-corrected chi connectivity index (χ1v) is 5.31. The van der Waals surface area contributed by atoms with Crippen LogP contribution in [0, 0.1) is 0 Å². The number of aromatic hydroxyl groups is 1. The number of carbonyl (C=O) groups excluding carboxylic acids is 1. The standard InChI is InChI=1S/C12H18N2O2/c1-14(2)9-3-8-13-12(16)10-4-6-11(15)7-5-10/h4-7,15H,3,8-9H2,1-2H3,(H,13,16). The van der Waals surface area contributed by atoms with E-state index in [0.29, 0.717) is 12.1 Å². The number of hydrogen-bond donors (Lipinski definition) is 2. The first-order chi connectivity index (χ1) is 7.59. The van der Waals surface area contributed by atoms with E-state index in [1.807, 2.05) is 14.1 Å². The summed E-state index contributed by atoms with van der Waals surface area (Å²) in [6.07, 6.45) is 0.927. The maximum atomic E-state index is 11.6. The summed E-state index contributed by atoms with van der Waals surface area (Å²) in [7, 11) is 4.00. The molecule has 0 aliphatic rings. The van der Waals surface area contributed by atoms with Gasteiger partial charge in [0.15, 0.2) is 0 Å². The van der Waals surface area contributed by atoms with Crippen LogP contribution in [0.5, 0.6) is 5.75 Å². The number of phenols is 1. The lowest BCUT2D eigenvalue weighted by atomic mass is 10.2. The molecule has 0 aromatic heterocycles. The first kappa shape index (κ1) is 12.5. The van der Waals surface area contributed by atoms with E-state index in [4.69, 9.17) is 5.11 Å². The molecule has 1 aromatic rings. The third-order valence-corrected chi connectivity index (χ3v) is 2.20. The molecule has 16 heavy (non-hydrogen) atoms. The van der Waals surface area contributed by atoms with Crippen LogP contribution in [0.15, 0.2) is 24.3 Å². The average molecular weight is 222 g/mol. The van der Waals surface area contributed by atoms with Crippen molar-refractivity contribution in [2.75, 3.05) is 27.2 Å². The number of phenolic OH excluding ortho intramolecular Hbond substituents is 1. The molecule has 0 heterocycles. The van der Waals surface area contributed by atoms with Crippen molar-refractivity contribution in [3.8, 4) is 5.75 Å². The smallest absolute Gasteiger partial charge is 0.251 e. The zero-order valence-electron chi connectivity index (χ0n) is 9.73. The second kappa shape index (κ2) is 6.12. The molecule has 1 amide bonds. The highest BCUT2D eigenvalue weighted by Crippen LogP contribution is 2.09. The van der Waals surface area contributed by atoms with E-state index in [2.05, 4.69) is 10.2 Å². The number of hydrogen-bond acceptors (Lipinski definition) is 3. The van der Waals surface area contributed by atoms with Gasteiger partial charge in [-0.25, -0.2) is 0 Å². The molecule has 0 spiro atoms. The highest BCUT2D eigenvalue weighted by molar-refractivity contribution is 5.94. The first-order valence-electron chi connectivity index (χ1n) is 5.31. The van der Waals surface area contributed by atoms with Crippen LogP contribution in [-0.4, -0.2) is 43.1 Å². The summed E-state index contributed by atoms with van der Waals surface area (Å²) in [5, 5.41) is 11.9.